The minimum absolute atomic E-state index is 0.163. The van der Waals surface area contributed by atoms with Crippen LogP contribution in [0, 0.1) is 0 Å². The van der Waals surface area contributed by atoms with E-state index in [4.69, 9.17) is 0 Å². The van der Waals surface area contributed by atoms with Crippen molar-refractivity contribution in [3.8, 4) is 0 Å². The molecular formula is C18H20BrNO. The van der Waals surface area contributed by atoms with E-state index in [9.17, 15) is 4.79 Å². The standard InChI is InChI=1S/C18H20BrNO/c1-14(2)20(13-16-6-4-3-5-7-16)18(21)12-15-8-10-17(19)11-9-15/h3-11,14H,12-13H2,1-2H3. The van der Waals surface area contributed by atoms with Gasteiger partial charge in [-0.05, 0) is 37.1 Å². The second kappa shape index (κ2) is 7.41. The Morgan fingerprint density at radius 2 is 1.62 bits per heavy atom. The molecule has 2 aromatic rings. The minimum atomic E-state index is 0.163. The van der Waals surface area contributed by atoms with E-state index in [2.05, 4.69) is 41.9 Å². The van der Waals surface area contributed by atoms with Crippen molar-refractivity contribution in [2.45, 2.75) is 32.9 Å². The summed E-state index contributed by atoms with van der Waals surface area (Å²) in [7, 11) is 0. The third kappa shape index (κ3) is 4.71. The van der Waals surface area contributed by atoms with Gasteiger partial charge in [-0.1, -0.05) is 58.4 Å². The van der Waals surface area contributed by atoms with Crippen molar-refractivity contribution in [1.29, 1.82) is 0 Å². The van der Waals surface area contributed by atoms with E-state index in [0.717, 1.165) is 15.6 Å². The maximum atomic E-state index is 12.6. The van der Waals surface area contributed by atoms with Gasteiger partial charge in [-0.3, -0.25) is 4.79 Å². The van der Waals surface area contributed by atoms with Crippen LogP contribution in [0.15, 0.2) is 59.1 Å². The lowest BCUT2D eigenvalue weighted by Gasteiger charge is -2.27. The summed E-state index contributed by atoms with van der Waals surface area (Å²) in [6, 6.07) is 18.2. The zero-order valence-corrected chi connectivity index (χ0v) is 14.0. The van der Waals surface area contributed by atoms with Gasteiger partial charge in [-0.25, -0.2) is 0 Å². The van der Waals surface area contributed by atoms with Crippen LogP contribution in [0.25, 0.3) is 0 Å². The summed E-state index contributed by atoms with van der Waals surface area (Å²) in [4.78, 5) is 14.5. The fraction of sp³-hybridized carbons (Fsp3) is 0.278. The van der Waals surface area contributed by atoms with Crippen LogP contribution in [-0.2, 0) is 17.8 Å². The largest absolute Gasteiger partial charge is 0.336 e. The normalized spacial score (nSPS) is 10.7. The molecule has 0 radical (unpaired) electrons. The highest BCUT2D eigenvalue weighted by atomic mass is 79.9. The van der Waals surface area contributed by atoms with Crippen molar-refractivity contribution in [3.05, 3.63) is 70.2 Å². The predicted molar refractivity (Wildman–Crippen MR) is 90.0 cm³/mol. The molecule has 0 saturated heterocycles. The first-order valence-corrected chi connectivity index (χ1v) is 7.93. The first-order valence-electron chi connectivity index (χ1n) is 7.14. The third-order valence-electron chi connectivity index (χ3n) is 3.41. The van der Waals surface area contributed by atoms with Gasteiger partial charge in [0.1, 0.15) is 0 Å². The van der Waals surface area contributed by atoms with Crippen LogP contribution in [0.3, 0.4) is 0 Å². The Bertz CT molecular complexity index is 578. The molecule has 0 fully saturated rings. The van der Waals surface area contributed by atoms with Crippen LogP contribution < -0.4 is 0 Å². The molecule has 0 spiro atoms. The maximum Gasteiger partial charge on any atom is 0.227 e. The number of benzene rings is 2. The van der Waals surface area contributed by atoms with E-state index >= 15 is 0 Å². The first kappa shape index (κ1) is 15.8. The highest BCUT2D eigenvalue weighted by Gasteiger charge is 2.17. The summed E-state index contributed by atoms with van der Waals surface area (Å²) < 4.78 is 1.03. The zero-order chi connectivity index (χ0) is 15.2. The van der Waals surface area contributed by atoms with Crippen molar-refractivity contribution in [1.82, 2.24) is 4.90 Å². The molecule has 0 heterocycles. The van der Waals surface area contributed by atoms with E-state index in [1.165, 1.54) is 0 Å². The molecule has 110 valence electrons. The SMILES string of the molecule is CC(C)N(Cc1ccccc1)C(=O)Cc1ccc(Br)cc1. The smallest absolute Gasteiger partial charge is 0.227 e. The molecule has 21 heavy (non-hydrogen) atoms. The summed E-state index contributed by atoms with van der Waals surface area (Å²) in [6.07, 6.45) is 0.443. The van der Waals surface area contributed by atoms with Gasteiger partial charge in [0.25, 0.3) is 0 Å². The van der Waals surface area contributed by atoms with Crippen LogP contribution in [-0.4, -0.2) is 16.8 Å². The van der Waals surface area contributed by atoms with Crippen LogP contribution in [0.1, 0.15) is 25.0 Å². The number of nitrogens with zero attached hydrogens (tertiary/aromatic N) is 1. The van der Waals surface area contributed by atoms with Gasteiger partial charge in [0.05, 0.1) is 6.42 Å². The Labute approximate surface area is 134 Å². The molecule has 0 aromatic heterocycles. The lowest BCUT2D eigenvalue weighted by molar-refractivity contribution is -0.132. The van der Waals surface area contributed by atoms with Crippen molar-refractivity contribution < 1.29 is 4.79 Å². The second-order valence-electron chi connectivity index (χ2n) is 5.40. The van der Waals surface area contributed by atoms with Crippen LogP contribution in [0.5, 0.6) is 0 Å². The molecule has 0 aliphatic heterocycles. The predicted octanol–water partition coefficient (Wildman–Crippen LogP) is 4.43. The Balaban J connectivity index is 2.07. The number of rotatable bonds is 5. The maximum absolute atomic E-state index is 12.6. The molecule has 2 nitrogen and oxygen atoms in total. The Hall–Kier alpha value is -1.61. The molecule has 0 unspecified atom stereocenters. The summed E-state index contributed by atoms with van der Waals surface area (Å²) in [5.41, 5.74) is 2.21. The molecule has 0 saturated carbocycles. The number of hydrogen-bond donors (Lipinski definition) is 0. The van der Waals surface area contributed by atoms with E-state index in [0.29, 0.717) is 13.0 Å². The number of carbonyl (C=O) groups excluding carboxylic acids is 1. The zero-order valence-electron chi connectivity index (χ0n) is 12.4. The van der Waals surface area contributed by atoms with Crippen molar-refractivity contribution in [3.63, 3.8) is 0 Å². The average molecular weight is 346 g/mol. The lowest BCUT2D eigenvalue weighted by Crippen LogP contribution is -2.37. The van der Waals surface area contributed by atoms with E-state index in [1.54, 1.807) is 0 Å². The molecule has 1 amide bonds. The first-order chi connectivity index (χ1) is 10.1. The van der Waals surface area contributed by atoms with Gasteiger partial charge in [0, 0.05) is 17.1 Å². The second-order valence-corrected chi connectivity index (χ2v) is 6.32. The van der Waals surface area contributed by atoms with Crippen molar-refractivity contribution in [2.75, 3.05) is 0 Å². The quantitative estimate of drug-likeness (QED) is 0.784. The molecule has 2 aromatic carbocycles. The van der Waals surface area contributed by atoms with Gasteiger partial charge in [0.2, 0.25) is 5.91 Å². The number of carbonyl (C=O) groups is 1. The van der Waals surface area contributed by atoms with E-state index in [-0.39, 0.29) is 11.9 Å². The fourth-order valence-corrected chi connectivity index (χ4v) is 2.48. The summed E-state index contributed by atoms with van der Waals surface area (Å²) in [6.45, 7) is 4.78. The number of amides is 1. The fourth-order valence-electron chi connectivity index (χ4n) is 2.22. The number of hydrogen-bond acceptors (Lipinski definition) is 1. The molecule has 2 rings (SSSR count). The van der Waals surface area contributed by atoms with Crippen LogP contribution in [0.4, 0.5) is 0 Å². The minimum Gasteiger partial charge on any atom is -0.336 e. The van der Waals surface area contributed by atoms with Crippen molar-refractivity contribution in [2.24, 2.45) is 0 Å². The van der Waals surface area contributed by atoms with Crippen molar-refractivity contribution >= 4 is 21.8 Å². The summed E-state index contributed by atoms with van der Waals surface area (Å²) >= 11 is 3.41. The highest BCUT2D eigenvalue weighted by Crippen LogP contribution is 2.14. The molecule has 0 aliphatic rings. The lowest BCUT2D eigenvalue weighted by atomic mass is 10.1. The topological polar surface area (TPSA) is 20.3 Å². The van der Waals surface area contributed by atoms with Crippen LogP contribution >= 0.6 is 15.9 Å². The number of halogens is 1. The summed E-state index contributed by atoms with van der Waals surface area (Å²) in [5, 5.41) is 0. The monoisotopic (exact) mass is 345 g/mol. The molecule has 0 aliphatic carbocycles. The van der Waals surface area contributed by atoms with E-state index in [1.807, 2.05) is 47.4 Å². The molecule has 0 N–H and O–H groups in total. The van der Waals surface area contributed by atoms with Gasteiger partial charge < -0.3 is 4.90 Å². The highest BCUT2D eigenvalue weighted by molar-refractivity contribution is 9.10. The van der Waals surface area contributed by atoms with Gasteiger partial charge >= 0.3 is 0 Å². The van der Waals surface area contributed by atoms with Crippen LogP contribution in [0.2, 0.25) is 0 Å². The molecular weight excluding hydrogens is 326 g/mol. The molecule has 3 heteroatoms. The average Bonchev–Trinajstić information content (AvgIpc) is 2.48. The van der Waals surface area contributed by atoms with E-state index < -0.39 is 0 Å². The summed E-state index contributed by atoms with van der Waals surface area (Å²) in [5.74, 6) is 0.163. The molecule has 0 atom stereocenters. The molecule has 0 bridgehead atoms. The van der Waals surface area contributed by atoms with Gasteiger partial charge in [-0.2, -0.15) is 0 Å². The Morgan fingerprint density at radius 1 is 1.00 bits per heavy atom. The Kier molecular flexibility index (Phi) is 5.57. The third-order valence-corrected chi connectivity index (χ3v) is 3.94. The van der Waals surface area contributed by atoms with Gasteiger partial charge in [0.15, 0.2) is 0 Å². The van der Waals surface area contributed by atoms with Gasteiger partial charge in [-0.15, -0.1) is 0 Å². The Morgan fingerprint density at radius 3 is 2.19 bits per heavy atom.